The monoisotopic (exact) mass is 366 g/mol. The first-order valence-electron chi connectivity index (χ1n) is 7.64. The van der Waals surface area contributed by atoms with Crippen LogP contribution in [0.2, 0.25) is 0 Å². The van der Waals surface area contributed by atoms with Gasteiger partial charge >= 0.3 is 6.18 Å². The Hall–Kier alpha value is -1.31. The van der Waals surface area contributed by atoms with Crippen LogP contribution in [0.5, 0.6) is 0 Å². The molecular weight excluding hydrogens is 345 g/mol. The third kappa shape index (κ3) is 5.96. The van der Waals surface area contributed by atoms with E-state index in [0.717, 1.165) is 6.07 Å². The summed E-state index contributed by atoms with van der Waals surface area (Å²) in [5, 5.41) is 5.84. The van der Waals surface area contributed by atoms with Gasteiger partial charge in [0.1, 0.15) is 6.04 Å². The number of benzene rings is 1. The number of nitrogens with one attached hydrogen (secondary N) is 2. The molecule has 136 valence electrons. The second-order valence-corrected chi connectivity index (χ2v) is 5.69. The van der Waals surface area contributed by atoms with Crippen LogP contribution in [0.4, 0.5) is 13.2 Å². The third-order valence-corrected chi connectivity index (χ3v) is 3.90. The molecule has 1 aliphatic heterocycles. The predicted molar refractivity (Wildman–Crippen MR) is 87.3 cm³/mol. The van der Waals surface area contributed by atoms with Gasteiger partial charge in [0.2, 0.25) is 5.91 Å². The van der Waals surface area contributed by atoms with Gasteiger partial charge < -0.3 is 15.4 Å². The summed E-state index contributed by atoms with van der Waals surface area (Å²) >= 11 is 0. The van der Waals surface area contributed by atoms with Crippen LogP contribution in [0, 0.1) is 0 Å². The summed E-state index contributed by atoms with van der Waals surface area (Å²) in [5.74, 6) is -0.214. The molecule has 0 aliphatic carbocycles. The molecule has 2 unspecified atom stereocenters. The van der Waals surface area contributed by atoms with E-state index >= 15 is 0 Å². The molecule has 1 heterocycles. The Morgan fingerprint density at radius 3 is 2.83 bits per heavy atom. The molecule has 2 atom stereocenters. The molecule has 0 aromatic heterocycles. The highest BCUT2D eigenvalue weighted by Gasteiger charge is 2.30. The number of hydrogen-bond acceptors (Lipinski definition) is 3. The third-order valence-electron chi connectivity index (χ3n) is 3.90. The van der Waals surface area contributed by atoms with Gasteiger partial charge in [-0.15, -0.1) is 12.4 Å². The van der Waals surface area contributed by atoms with Crippen molar-refractivity contribution in [3.05, 3.63) is 35.4 Å². The zero-order valence-corrected chi connectivity index (χ0v) is 14.2. The molecule has 4 nitrogen and oxygen atoms in total. The van der Waals surface area contributed by atoms with E-state index in [2.05, 4.69) is 10.6 Å². The van der Waals surface area contributed by atoms with Crippen LogP contribution in [0.3, 0.4) is 0 Å². The van der Waals surface area contributed by atoms with Gasteiger partial charge in [-0.2, -0.15) is 13.2 Å². The average Bonchev–Trinajstić information content (AvgIpc) is 2.54. The van der Waals surface area contributed by atoms with Gasteiger partial charge in [-0.3, -0.25) is 4.79 Å². The summed E-state index contributed by atoms with van der Waals surface area (Å²) in [4.78, 5) is 11.9. The smallest absolute Gasteiger partial charge is 0.378 e. The number of morpholine rings is 1. The Kier molecular flexibility index (Phi) is 7.99. The highest BCUT2D eigenvalue weighted by molar-refractivity contribution is 5.85. The summed E-state index contributed by atoms with van der Waals surface area (Å²) in [6.45, 7) is 3.84. The Balaban J connectivity index is 0.00000288. The quantitative estimate of drug-likeness (QED) is 0.842. The SMILES string of the molecule is CC(CCNC(=O)C1COCCN1)c1cccc(C(F)(F)F)c1.Cl. The lowest BCUT2D eigenvalue weighted by atomic mass is 9.96. The van der Waals surface area contributed by atoms with Crippen LogP contribution < -0.4 is 10.6 Å². The summed E-state index contributed by atoms with van der Waals surface area (Å²) in [6, 6.07) is 4.97. The molecule has 24 heavy (non-hydrogen) atoms. The fraction of sp³-hybridized carbons (Fsp3) is 0.562. The van der Waals surface area contributed by atoms with Crippen LogP contribution in [-0.2, 0) is 15.7 Å². The van der Waals surface area contributed by atoms with Crippen LogP contribution in [0.1, 0.15) is 30.4 Å². The van der Waals surface area contributed by atoms with E-state index in [9.17, 15) is 18.0 Å². The molecule has 2 N–H and O–H groups in total. The number of carbonyl (C=O) groups is 1. The molecule has 0 saturated carbocycles. The minimum atomic E-state index is -4.34. The van der Waals surface area contributed by atoms with E-state index in [1.165, 1.54) is 12.1 Å². The fourth-order valence-electron chi connectivity index (χ4n) is 2.46. The lowest BCUT2D eigenvalue weighted by molar-refractivity contribution is -0.137. The van der Waals surface area contributed by atoms with Gasteiger partial charge in [-0.05, 0) is 24.0 Å². The number of ether oxygens (including phenoxy) is 1. The van der Waals surface area contributed by atoms with Gasteiger partial charge in [0, 0.05) is 13.1 Å². The summed E-state index contributed by atoms with van der Waals surface area (Å²) in [7, 11) is 0. The minimum Gasteiger partial charge on any atom is -0.378 e. The van der Waals surface area contributed by atoms with Gasteiger partial charge in [0.05, 0.1) is 18.8 Å². The Bertz CT molecular complexity index is 534. The molecule has 1 aromatic carbocycles. The molecule has 1 aromatic rings. The molecule has 1 saturated heterocycles. The van der Waals surface area contributed by atoms with Crippen molar-refractivity contribution in [1.82, 2.24) is 10.6 Å². The van der Waals surface area contributed by atoms with Crippen molar-refractivity contribution >= 4 is 18.3 Å². The zero-order valence-electron chi connectivity index (χ0n) is 13.4. The number of rotatable bonds is 5. The summed E-state index contributed by atoms with van der Waals surface area (Å²) in [5.41, 5.74) is -0.0253. The Morgan fingerprint density at radius 2 is 2.21 bits per heavy atom. The van der Waals surface area contributed by atoms with Crippen molar-refractivity contribution in [3.8, 4) is 0 Å². The van der Waals surface area contributed by atoms with Gasteiger partial charge in [-0.25, -0.2) is 0 Å². The minimum absolute atomic E-state index is 0. The molecule has 0 spiro atoms. The van der Waals surface area contributed by atoms with Crippen molar-refractivity contribution in [2.24, 2.45) is 0 Å². The zero-order chi connectivity index (χ0) is 16.9. The number of carbonyl (C=O) groups excluding carboxylic acids is 1. The molecule has 1 amide bonds. The molecule has 1 fully saturated rings. The number of alkyl halides is 3. The van der Waals surface area contributed by atoms with Gasteiger partial charge in [0.25, 0.3) is 0 Å². The van der Waals surface area contributed by atoms with Crippen LogP contribution in [0.15, 0.2) is 24.3 Å². The van der Waals surface area contributed by atoms with E-state index in [0.29, 0.717) is 38.3 Å². The van der Waals surface area contributed by atoms with E-state index in [1.807, 2.05) is 6.92 Å². The molecule has 2 rings (SSSR count). The first kappa shape index (κ1) is 20.7. The molecule has 0 bridgehead atoms. The summed E-state index contributed by atoms with van der Waals surface area (Å²) < 4.78 is 43.4. The Labute approximate surface area is 145 Å². The van der Waals surface area contributed by atoms with Crippen LogP contribution >= 0.6 is 12.4 Å². The second-order valence-electron chi connectivity index (χ2n) is 5.69. The maximum absolute atomic E-state index is 12.7. The molecule has 8 heteroatoms. The van der Waals surface area contributed by atoms with Crippen molar-refractivity contribution < 1.29 is 22.7 Å². The molecular formula is C16H22ClF3N2O2. The lowest BCUT2D eigenvalue weighted by Gasteiger charge is -2.23. The second kappa shape index (κ2) is 9.25. The van der Waals surface area contributed by atoms with E-state index < -0.39 is 11.7 Å². The largest absolute Gasteiger partial charge is 0.416 e. The predicted octanol–water partition coefficient (Wildman–Crippen LogP) is 2.73. The van der Waals surface area contributed by atoms with E-state index in [-0.39, 0.29) is 30.3 Å². The topological polar surface area (TPSA) is 50.4 Å². The van der Waals surface area contributed by atoms with Crippen molar-refractivity contribution in [3.63, 3.8) is 0 Å². The fourth-order valence-corrected chi connectivity index (χ4v) is 2.46. The van der Waals surface area contributed by atoms with E-state index in [1.54, 1.807) is 6.07 Å². The highest BCUT2D eigenvalue weighted by atomic mass is 35.5. The summed E-state index contributed by atoms with van der Waals surface area (Å²) in [6.07, 6.45) is -3.77. The van der Waals surface area contributed by atoms with Crippen LogP contribution in [-0.4, -0.2) is 38.3 Å². The maximum Gasteiger partial charge on any atom is 0.416 e. The highest BCUT2D eigenvalue weighted by Crippen LogP contribution is 2.31. The average molecular weight is 367 g/mol. The standard InChI is InChI=1S/C16H21F3N2O2.ClH/c1-11(12-3-2-4-13(9-12)16(17,18)19)5-6-21-15(22)14-10-23-8-7-20-14;/h2-4,9,11,14,20H,5-8,10H2,1H3,(H,21,22);1H. The number of hydrogen-bond donors (Lipinski definition) is 2. The number of amides is 1. The number of halogens is 4. The van der Waals surface area contributed by atoms with Gasteiger partial charge in [-0.1, -0.05) is 25.1 Å². The van der Waals surface area contributed by atoms with Crippen molar-refractivity contribution in [1.29, 1.82) is 0 Å². The van der Waals surface area contributed by atoms with Crippen molar-refractivity contribution in [2.75, 3.05) is 26.3 Å². The van der Waals surface area contributed by atoms with Crippen molar-refractivity contribution in [2.45, 2.75) is 31.5 Å². The maximum atomic E-state index is 12.7. The molecule has 1 aliphatic rings. The van der Waals surface area contributed by atoms with Gasteiger partial charge in [0.15, 0.2) is 0 Å². The lowest BCUT2D eigenvalue weighted by Crippen LogP contribution is -2.51. The first-order valence-corrected chi connectivity index (χ1v) is 7.64. The molecule has 0 radical (unpaired) electrons. The normalized spacial score (nSPS) is 19.2. The Morgan fingerprint density at radius 1 is 1.46 bits per heavy atom. The first-order chi connectivity index (χ1) is 10.9. The van der Waals surface area contributed by atoms with Crippen LogP contribution in [0.25, 0.3) is 0 Å². The van der Waals surface area contributed by atoms with E-state index in [4.69, 9.17) is 4.74 Å².